The van der Waals surface area contributed by atoms with E-state index in [4.69, 9.17) is 4.55 Å². The van der Waals surface area contributed by atoms with E-state index in [1.807, 2.05) is 0 Å². The zero-order valence-electron chi connectivity index (χ0n) is 7.54. The van der Waals surface area contributed by atoms with E-state index in [0.717, 1.165) is 18.2 Å². The molecule has 1 rings (SSSR count). The van der Waals surface area contributed by atoms with Crippen molar-refractivity contribution in [3.05, 3.63) is 29.3 Å². The first-order chi connectivity index (χ1) is 7.25. The fraction of sp³-hybridized carbons (Fsp3) is 0. The molecular formula is C8H4O7S-2. The van der Waals surface area contributed by atoms with E-state index in [0.29, 0.717) is 0 Å². The van der Waals surface area contributed by atoms with Gasteiger partial charge in [-0.05, 0) is 6.07 Å². The molecule has 0 amide bonds. The van der Waals surface area contributed by atoms with Crippen LogP contribution in [0.5, 0.6) is 0 Å². The highest BCUT2D eigenvalue weighted by atomic mass is 32.2. The molecule has 0 spiro atoms. The molecule has 0 unspecified atom stereocenters. The molecule has 1 N–H and O–H groups in total. The highest BCUT2D eigenvalue weighted by Crippen LogP contribution is 2.18. The van der Waals surface area contributed by atoms with Crippen LogP contribution in [-0.2, 0) is 10.1 Å². The molecule has 0 fully saturated rings. The third-order valence-corrected chi connectivity index (χ3v) is 2.62. The lowest BCUT2D eigenvalue weighted by Gasteiger charge is -2.14. The Balaban J connectivity index is 3.72. The van der Waals surface area contributed by atoms with Crippen LogP contribution >= 0.6 is 0 Å². The van der Waals surface area contributed by atoms with Crippen molar-refractivity contribution in [1.29, 1.82) is 0 Å². The zero-order valence-corrected chi connectivity index (χ0v) is 8.35. The number of rotatable bonds is 3. The highest BCUT2D eigenvalue weighted by molar-refractivity contribution is 7.86. The molecule has 7 nitrogen and oxygen atoms in total. The van der Waals surface area contributed by atoms with Crippen molar-refractivity contribution in [3.63, 3.8) is 0 Å². The SMILES string of the molecule is O=C([O-])c1cccc(S(=O)(=O)O)c1C(=O)[O-]. The molecule has 0 aliphatic carbocycles. The molecule has 0 bridgehead atoms. The van der Waals surface area contributed by atoms with Gasteiger partial charge in [0.15, 0.2) is 0 Å². The zero-order chi connectivity index (χ0) is 12.5. The number of hydrogen-bond acceptors (Lipinski definition) is 6. The molecule has 0 aliphatic rings. The summed E-state index contributed by atoms with van der Waals surface area (Å²) in [5.41, 5.74) is -2.01. The average molecular weight is 244 g/mol. The fourth-order valence-corrected chi connectivity index (χ4v) is 1.83. The van der Waals surface area contributed by atoms with Crippen LogP contribution in [0.25, 0.3) is 0 Å². The van der Waals surface area contributed by atoms with E-state index in [-0.39, 0.29) is 0 Å². The lowest BCUT2D eigenvalue weighted by Crippen LogP contribution is -2.31. The van der Waals surface area contributed by atoms with Gasteiger partial charge in [-0.3, -0.25) is 4.55 Å². The van der Waals surface area contributed by atoms with Gasteiger partial charge in [-0.15, -0.1) is 0 Å². The molecule has 16 heavy (non-hydrogen) atoms. The number of benzene rings is 1. The minimum absolute atomic E-state index is 0.743. The second-order valence-electron chi connectivity index (χ2n) is 2.73. The van der Waals surface area contributed by atoms with Crippen LogP contribution in [0.3, 0.4) is 0 Å². The predicted molar refractivity (Wildman–Crippen MR) is 44.9 cm³/mol. The molecule has 0 atom stereocenters. The van der Waals surface area contributed by atoms with Crippen molar-refractivity contribution in [2.45, 2.75) is 4.90 Å². The molecule has 86 valence electrons. The summed E-state index contributed by atoms with van der Waals surface area (Å²) in [5.74, 6) is -3.92. The third kappa shape index (κ3) is 2.18. The normalized spacial score (nSPS) is 11.1. The van der Waals surface area contributed by atoms with Gasteiger partial charge in [0.05, 0.1) is 11.9 Å². The lowest BCUT2D eigenvalue weighted by atomic mass is 10.1. The summed E-state index contributed by atoms with van der Waals surface area (Å²) in [5, 5.41) is 21.1. The standard InChI is InChI=1S/C8H6O7S/c9-7(10)4-2-1-3-5(16(13,14)15)6(4)8(11)12/h1-3H,(H,9,10)(H,11,12)(H,13,14,15)/p-2. The van der Waals surface area contributed by atoms with Crippen molar-refractivity contribution in [1.82, 2.24) is 0 Å². The van der Waals surface area contributed by atoms with Crippen molar-refractivity contribution < 1.29 is 32.8 Å². The second kappa shape index (κ2) is 3.91. The van der Waals surface area contributed by atoms with E-state index in [1.165, 1.54) is 0 Å². The fourth-order valence-electron chi connectivity index (χ4n) is 1.13. The number of carbonyl (C=O) groups excluding carboxylic acids is 2. The number of carbonyl (C=O) groups is 2. The highest BCUT2D eigenvalue weighted by Gasteiger charge is 2.19. The Morgan fingerprint density at radius 2 is 1.69 bits per heavy atom. The predicted octanol–water partition coefficient (Wildman–Crippen LogP) is -2.34. The van der Waals surface area contributed by atoms with E-state index in [9.17, 15) is 28.2 Å². The summed E-state index contributed by atoms with van der Waals surface area (Å²) in [6.45, 7) is 0. The van der Waals surface area contributed by atoms with Gasteiger partial charge in [-0.2, -0.15) is 8.42 Å². The van der Waals surface area contributed by atoms with Gasteiger partial charge in [-0.1, -0.05) is 12.1 Å². The monoisotopic (exact) mass is 244 g/mol. The molecular weight excluding hydrogens is 240 g/mol. The van der Waals surface area contributed by atoms with Crippen molar-refractivity contribution in [3.8, 4) is 0 Å². The first-order valence-corrected chi connectivity index (χ1v) is 5.22. The Labute approximate surface area is 89.7 Å². The van der Waals surface area contributed by atoms with Gasteiger partial charge in [-0.25, -0.2) is 0 Å². The molecule has 1 aromatic rings. The van der Waals surface area contributed by atoms with Crippen LogP contribution in [0.15, 0.2) is 23.1 Å². The van der Waals surface area contributed by atoms with Gasteiger partial charge in [0.2, 0.25) is 0 Å². The third-order valence-electron chi connectivity index (χ3n) is 1.73. The maximum absolute atomic E-state index is 10.8. The molecule has 0 aliphatic heterocycles. The van der Waals surface area contributed by atoms with Crippen LogP contribution in [0.2, 0.25) is 0 Å². The van der Waals surface area contributed by atoms with Crippen molar-refractivity contribution >= 4 is 22.1 Å². The molecule has 0 radical (unpaired) electrons. The minimum atomic E-state index is -4.85. The number of hydrogen-bond donors (Lipinski definition) is 1. The Hall–Kier alpha value is -1.93. The molecule has 0 saturated carbocycles. The summed E-state index contributed by atoms with van der Waals surface area (Å²) >= 11 is 0. The molecule has 1 aromatic carbocycles. The first-order valence-electron chi connectivity index (χ1n) is 3.78. The summed E-state index contributed by atoms with van der Waals surface area (Å²) in [6, 6.07) is 2.53. The smallest absolute Gasteiger partial charge is 0.295 e. The Kier molecular flexibility index (Phi) is 2.97. The van der Waals surface area contributed by atoms with Crippen LogP contribution < -0.4 is 10.2 Å². The Morgan fingerprint density at radius 1 is 1.12 bits per heavy atom. The largest absolute Gasteiger partial charge is 0.545 e. The summed E-state index contributed by atoms with van der Waals surface area (Å²) < 4.78 is 30.3. The number of carboxylic acid groups (broad SMARTS) is 2. The van der Waals surface area contributed by atoms with E-state index in [1.54, 1.807) is 0 Å². The second-order valence-corrected chi connectivity index (χ2v) is 4.12. The molecule has 0 saturated heterocycles. The van der Waals surface area contributed by atoms with Gasteiger partial charge in [0.1, 0.15) is 4.90 Å². The van der Waals surface area contributed by atoms with Gasteiger partial charge >= 0.3 is 0 Å². The average Bonchev–Trinajstić information content (AvgIpc) is 2.14. The summed E-state index contributed by atoms with van der Waals surface area (Å²) in [7, 11) is -4.85. The van der Waals surface area contributed by atoms with Crippen molar-refractivity contribution in [2.75, 3.05) is 0 Å². The Bertz CT molecular complexity index is 558. The van der Waals surface area contributed by atoms with E-state index in [2.05, 4.69) is 0 Å². The maximum atomic E-state index is 10.8. The van der Waals surface area contributed by atoms with Gasteiger partial charge in [0, 0.05) is 11.1 Å². The van der Waals surface area contributed by atoms with E-state index >= 15 is 0 Å². The van der Waals surface area contributed by atoms with Crippen LogP contribution in [-0.4, -0.2) is 24.9 Å². The quantitative estimate of drug-likeness (QED) is 0.588. The molecule has 0 aromatic heterocycles. The minimum Gasteiger partial charge on any atom is -0.545 e. The molecule has 8 heteroatoms. The van der Waals surface area contributed by atoms with Gasteiger partial charge in [0.25, 0.3) is 10.1 Å². The maximum Gasteiger partial charge on any atom is 0.295 e. The summed E-state index contributed by atoms with van der Waals surface area (Å²) in [4.78, 5) is 20.1. The lowest BCUT2D eigenvalue weighted by molar-refractivity contribution is -0.260. The van der Waals surface area contributed by atoms with E-state index < -0.39 is 38.1 Å². The summed E-state index contributed by atoms with van der Waals surface area (Å²) in [6.07, 6.45) is 0. The topological polar surface area (TPSA) is 135 Å². The van der Waals surface area contributed by atoms with Gasteiger partial charge < -0.3 is 19.8 Å². The number of carboxylic acids is 2. The van der Waals surface area contributed by atoms with Crippen LogP contribution in [0, 0.1) is 0 Å². The van der Waals surface area contributed by atoms with Crippen LogP contribution in [0.4, 0.5) is 0 Å². The van der Waals surface area contributed by atoms with Crippen LogP contribution in [0.1, 0.15) is 20.7 Å². The van der Waals surface area contributed by atoms with Crippen molar-refractivity contribution in [2.24, 2.45) is 0 Å². The number of aromatic carboxylic acids is 2. The molecule has 0 heterocycles. The Morgan fingerprint density at radius 3 is 2.06 bits per heavy atom. The first kappa shape index (κ1) is 12.1.